The third-order valence-corrected chi connectivity index (χ3v) is 3.38. The van der Waals surface area contributed by atoms with E-state index in [2.05, 4.69) is 31.4 Å². The normalized spacial score (nSPS) is 10.7. The number of hydrogen-bond donors (Lipinski definition) is 1. The molecule has 0 saturated heterocycles. The molecule has 0 radical (unpaired) electrons. The standard InChI is InChI=1S/C11H6BrN3O2S/c12-7-1-2-8-6(3-7)4-9(17-8)10(16)14-11-15-13-5-18-11/h1-5H,(H,14,15,16). The Balaban J connectivity index is 1.92. The third kappa shape index (κ3) is 2.14. The van der Waals surface area contributed by atoms with Crippen LogP contribution in [-0.4, -0.2) is 16.1 Å². The number of halogens is 1. The van der Waals surface area contributed by atoms with Gasteiger partial charge in [-0.05, 0) is 24.3 Å². The molecule has 90 valence electrons. The largest absolute Gasteiger partial charge is 0.451 e. The highest BCUT2D eigenvalue weighted by molar-refractivity contribution is 9.10. The molecule has 18 heavy (non-hydrogen) atoms. The van der Waals surface area contributed by atoms with Crippen molar-refractivity contribution in [2.45, 2.75) is 0 Å². The molecule has 3 aromatic rings. The van der Waals surface area contributed by atoms with Crippen molar-refractivity contribution in [2.24, 2.45) is 0 Å². The number of aromatic nitrogens is 2. The van der Waals surface area contributed by atoms with Crippen molar-refractivity contribution in [1.29, 1.82) is 0 Å². The van der Waals surface area contributed by atoms with Crippen LogP contribution in [0.5, 0.6) is 0 Å². The molecule has 1 aromatic carbocycles. The summed E-state index contributed by atoms with van der Waals surface area (Å²) in [5, 5.41) is 11.3. The van der Waals surface area contributed by atoms with Crippen LogP contribution in [0.1, 0.15) is 10.6 Å². The van der Waals surface area contributed by atoms with Crippen molar-refractivity contribution in [1.82, 2.24) is 10.2 Å². The third-order valence-electron chi connectivity index (χ3n) is 2.28. The molecule has 0 bridgehead atoms. The summed E-state index contributed by atoms with van der Waals surface area (Å²) in [6, 6.07) is 7.25. The van der Waals surface area contributed by atoms with Gasteiger partial charge in [-0.3, -0.25) is 10.1 Å². The first kappa shape index (κ1) is 11.4. The van der Waals surface area contributed by atoms with E-state index in [1.807, 2.05) is 12.1 Å². The van der Waals surface area contributed by atoms with Crippen molar-refractivity contribution in [3.63, 3.8) is 0 Å². The first-order chi connectivity index (χ1) is 8.72. The Labute approximate surface area is 114 Å². The summed E-state index contributed by atoms with van der Waals surface area (Å²) < 4.78 is 6.39. The molecule has 0 unspecified atom stereocenters. The van der Waals surface area contributed by atoms with Crippen LogP contribution in [0.15, 0.2) is 38.7 Å². The van der Waals surface area contributed by atoms with Crippen LogP contribution >= 0.6 is 27.3 Å². The lowest BCUT2D eigenvalue weighted by Gasteiger charge is -1.95. The van der Waals surface area contributed by atoms with Gasteiger partial charge >= 0.3 is 0 Å². The van der Waals surface area contributed by atoms with Crippen LogP contribution < -0.4 is 5.32 Å². The Morgan fingerprint density at radius 3 is 3.06 bits per heavy atom. The summed E-state index contributed by atoms with van der Waals surface area (Å²) in [4.78, 5) is 11.9. The number of benzene rings is 1. The summed E-state index contributed by atoms with van der Waals surface area (Å²) in [5.41, 5.74) is 2.21. The number of rotatable bonds is 2. The molecule has 1 amide bonds. The number of nitrogens with one attached hydrogen (secondary N) is 1. The Morgan fingerprint density at radius 1 is 1.39 bits per heavy atom. The Bertz CT molecular complexity index is 708. The van der Waals surface area contributed by atoms with Crippen molar-refractivity contribution >= 4 is 49.3 Å². The average Bonchev–Trinajstić information content (AvgIpc) is 2.96. The van der Waals surface area contributed by atoms with E-state index in [0.717, 1.165) is 9.86 Å². The lowest BCUT2D eigenvalue weighted by Crippen LogP contribution is -2.10. The maximum atomic E-state index is 11.9. The van der Waals surface area contributed by atoms with Gasteiger partial charge in [0.2, 0.25) is 5.13 Å². The Hall–Kier alpha value is -1.73. The second kappa shape index (κ2) is 4.51. The molecular formula is C11H6BrN3O2S. The van der Waals surface area contributed by atoms with Gasteiger partial charge in [-0.15, -0.1) is 10.2 Å². The summed E-state index contributed by atoms with van der Waals surface area (Å²) >= 11 is 4.62. The van der Waals surface area contributed by atoms with Gasteiger partial charge in [-0.2, -0.15) is 0 Å². The average molecular weight is 324 g/mol. The maximum absolute atomic E-state index is 11.9. The zero-order valence-corrected chi connectivity index (χ0v) is 11.3. The van der Waals surface area contributed by atoms with E-state index in [9.17, 15) is 4.79 Å². The molecule has 0 aliphatic heterocycles. The van der Waals surface area contributed by atoms with E-state index < -0.39 is 0 Å². The minimum Gasteiger partial charge on any atom is -0.451 e. The fraction of sp³-hybridized carbons (Fsp3) is 0. The zero-order valence-electron chi connectivity index (χ0n) is 8.88. The van der Waals surface area contributed by atoms with Crippen LogP contribution in [-0.2, 0) is 0 Å². The molecule has 0 atom stereocenters. The minimum absolute atomic E-state index is 0.248. The maximum Gasteiger partial charge on any atom is 0.293 e. The molecule has 0 saturated carbocycles. The summed E-state index contributed by atoms with van der Waals surface area (Å²) in [7, 11) is 0. The van der Waals surface area contributed by atoms with E-state index in [1.54, 1.807) is 17.6 Å². The molecule has 0 spiro atoms. The number of hydrogen-bond acceptors (Lipinski definition) is 5. The molecule has 0 aliphatic rings. The van der Waals surface area contributed by atoms with Gasteiger partial charge in [0.25, 0.3) is 5.91 Å². The van der Waals surface area contributed by atoms with Crippen molar-refractivity contribution < 1.29 is 9.21 Å². The highest BCUT2D eigenvalue weighted by atomic mass is 79.9. The van der Waals surface area contributed by atoms with Crippen molar-refractivity contribution in [2.75, 3.05) is 5.32 Å². The predicted molar refractivity (Wildman–Crippen MR) is 71.8 cm³/mol. The van der Waals surface area contributed by atoms with Gasteiger partial charge in [-0.25, -0.2) is 0 Å². The van der Waals surface area contributed by atoms with Crippen LogP contribution in [0.2, 0.25) is 0 Å². The van der Waals surface area contributed by atoms with Crippen LogP contribution in [0.3, 0.4) is 0 Å². The number of amides is 1. The molecule has 3 rings (SSSR count). The monoisotopic (exact) mass is 323 g/mol. The van der Waals surface area contributed by atoms with E-state index in [1.165, 1.54) is 11.3 Å². The number of carbonyl (C=O) groups excluding carboxylic acids is 1. The highest BCUT2D eigenvalue weighted by Crippen LogP contribution is 2.24. The van der Waals surface area contributed by atoms with E-state index in [0.29, 0.717) is 10.7 Å². The number of fused-ring (bicyclic) bond motifs is 1. The van der Waals surface area contributed by atoms with Crippen LogP contribution in [0, 0.1) is 0 Å². The number of furan rings is 1. The molecule has 2 aromatic heterocycles. The quantitative estimate of drug-likeness (QED) is 0.785. The van der Waals surface area contributed by atoms with E-state index in [4.69, 9.17) is 4.42 Å². The second-order valence-electron chi connectivity index (χ2n) is 3.49. The van der Waals surface area contributed by atoms with E-state index >= 15 is 0 Å². The molecule has 7 heteroatoms. The molecule has 5 nitrogen and oxygen atoms in total. The number of nitrogens with zero attached hydrogens (tertiary/aromatic N) is 2. The lowest BCUT2D eigenvalue weighted by molar-refractivity contribution is 0.0998. The first-order valence-electron chi connectivity index (χ1n) is 4.99. The summed E-state index contributed by atoms with van der Waals surface area (Å²) in [5.74, 6) is -0.0858. The molecule has 1 N–H and O–H groups in total. The Morgan fingerprint density at radius 2 is 2.28 bits per heavy atom. The topological polar surface area (TPSA) is 68.0 Å². The van der Waals surface area contributed by atoms with Gasteiger partial charge in [0.15, 0.2) is 5.76 Å². The number of anilines is 1. The van der Waals surface area contributed by atoms with Crippen molar-refractivity contribution in [3.05, 3.63) is 40.0 Å². The van der Waals surface area contributed by atoms with Crippen LogP contribution in [0.25, 0.3) is 11.0 Å². The van der Waals surface area contributed by atoms with Crippen molar-refractivity contribution in [3.8, 4) is 0 Å². The second-order valence-corrected chi connectivity index (χ2v) is 5.24. The fourth-order valence-electron chi connectivity index (χ4n) is 1.51. The first-order valence-corrected chi connectivity index (χ1v) is 6.66. The molecule has 0 aliphatic carbocycles. The van der Waals surface area contributed by atoms with Gasteiger partial charge in [0.1, 0.15) is 11.1 Å². The fourth-order valence-corrected chi connectivity index (χ4v) is 2.33. The molecular weight excluding hydrogens is 318 g/mol. The SMILES string of the molecule is O=C(Nc1nncs1)c1cc2cc(Br)ccc2o1. The number of carbonyl (C=O) groups is 1. The van der Waals surface area contributed by atoms with E-state index in [-0.39, 0.29) is 11.7 Å². The van der Waals surface area contributed by atoms with Gasteiger partial charge in [0, 0.05) is 9.86 Å². The van der Waals surface area contributed by atoms with Gasteiger partial charge in [-0.1, -0.05) is 27.3 Å². The molecule has 0 fully saturated rings. The van der Waals surface area contributed by atoms with Gasteiger partial charge < -0.3 is 4.42 Å². The predicted octanol–water partition coefficient (Wildman–Crippen LogP) is 3.30. The summed E-state index contributed by atoms with van der Waals surface area (Å²) in [6.07, 6.45) is 0. The smallest absolute Gasteiger partial charge is 0.293 e. The highest BCUT2D eigenvalue weighted by Gasteiger charge is 2.13. The summed E-state index contributed by atoms with van der Waals surface area (Å²) in [6.45, 7) is 0. The lowest BCUT2D eigenvalue weighted by atomic mass is 10.2. The minimum atomic E-state index is -0.334. The zero-order chi connectivity index (χ0) is 12.5. The Kier molecular flexibility index (Phi) is 2.85. The molecule has 2 heterocycles. The van der Waals surface area contributed by atoms with Gasteiger partial charge in [0.05, 0.1) is 0 Å². The van der Waals surface area contributed by atoms with Crippen LogP contribution in [0.4, 0.5) is 5.13 Å².